The summed E-state index contributed by atoms with van der Waals surface area (Å²) in [6.45, 7) is 0.542. The topological polar surface area (TPSA) is 85.2 Å². The van der Waals surface area contributed by atoms with Crippen LogP contribution in [-0.4, -0.2) is 22.6 Å². The quantitative estimate of drug-likeness (QED) is 0.902. The molecule has 4 rings (SSSR count). The summed E-state index contributed by atoms with van der Waals surface area (Å²) in [4.78, 5) is 18.7. The van der Waals surface area contributed by atoms with Gasteiger partial charge in [-0.3, -0.25) is 4.79 Å². The average Bonchev–Trinajstić information content (AvgIpc) is 3.28. The van der Waals surface area contributed by atoms with Gasteiger partial charge in [-0.25, -0.2) is 4.39 Å². The molecule has 0 bridgehead atoms. The minimum absolute atomic E-state index is 0. The molecule has 2 fully saturated rings. The van der Waals surface area contributed by atoms with Crippen LogP contribution in [0.5, 0.6) is 0 Å². The molecule has 1 aromatic carbocycles. The highest BCUT2D eigenvalue weighted by Gasteiger charge is 2.40. The predicted molar refractivity (Wildman–Crippen MR) is 92.0 cm³/mol. The van der Waals surface area contributed by atoms with Crippen LogP contribution in [0.2, 0.25) is 0 Å². The van der Waals surface area contributed by atoms with Crippen molar-refractivity contribution in [1.82, 2.24) is 10.1 Å². The molecule has 2 N–H and O–H groups in total. The number of benzene rings is 1. The van der Waals surface area contributed by atoms with E-state index < -0.39 is 11.5 Å². The molecule has 6 nitrogen and oxygen atoms in total. The predicted octanol–water partition coefficient (Wildman–Crippen LogP) is 2.88. The van der Waals surface area contributed by atoms with E-state index in [1.54, 1.807) is 17.0 Å². The molecule has 2 aliphatic rings. The van der Waals surface area contributed by atoms with Crippen LogP contribution in [-0.2, 0) is 10.3 Å². The van der Waals surface area contributed by atoms with E-state index in [1.165, 1.54) is 12.1 Å². The Morgan fingerprint density at radius 2 is 1.92 bits per heavy atom. The highest BCUT2D eigenvalue weighted by atomic mass is 35.5. The lowest BCUT2D eigenvalue weighted by Crippen LogP contribution is -2.34. The smallest absolute Gasteiger partial charge is 0.239 e. The maximum absolute atomic E-state index is 13.1. The van der Waals surface area contributed by atoms with Gasteiger partial charge in [0.2, 0.25) is 11.8 Å². The molecular formula is C17H20ClFN4O2. The van der Waals surface area contributed by atoms with Gasteiger partial charge in [0.1, 0.15) is 11.7 Å². The van der Waals surface area contributed by atoms with E-state index in [1.807, 2.05) is 0 Å². The Morgan fingerprint density at radius 1 is 1.24 bits per heavy atom. The Kier molecular flexibility index (Phi) is 4.79. The van der Waals surface area contributed by atoms with Crippen LogP contribution in [0.1, 0.15) is 49.7 Å². The van der Waals surface area contributed by atoms with E-state index in [9.17, 15) is 9.18 Å². The number of carbonyl (C=O) groups excluding carboxylic acids is 1. The Bertz CT molecular complexity index is 758. The standard InChI is InChI=1S/C17H19FN4O2.ClH/c18-11-3-5-12(6-4-11)22-10-7-13(15(22)23)14-20-16(21-24-14)17(19)8-1-2-9-17;/h3-6,13H,1-2,7-10,19H2;1H. The number of amides is 1. The molecule has 1 atom stereocenters. The van der Waals surface area contributed by atoms with Gasteiger partial charge < -0.3 is 15.2 Å². The summed E-state index contributed by atoms with van der Waals surface area (Å²) in [5, 5.41) is 4.03. The fraction of sp³-hybridized carbons (Fsp3) is 0.471. The SMILES string of the molecule is Cl.NC1(c2noc(C3CCN(c4ccc(F)cc4)C3=O)n2)CCCC1. The van der Waals surface area contributed by atoms with Gasteiger partial charge in [0.25, 0.3) is 0 Å². The highest BCUT2D eigenvalue weighted by Crippen LogP contribution is 2.36. The van der Waals surface area contributed by atoms with Crippen molar-refractivity contribution in [3.8, 4) is 0 Å². The summed E-state index contributed by atoms with van der Waals surface area (Å²) < 4.78 is 18.4. The molecule has 1 aliphatic carbocycles. The van der Waals surface area contributed by atoms with E-state index in [2.05, 4.69) is 10.1 Å². The van der Waals surface area contributed by atoms with Crippen LogP contribution in [0.15, 0.2) is 28.8 Å². The number of aromatic nitrogens is 2. The first-order valence-electron chi connectivity index (χ1n) is 8.27. The number of nitrogens with zero attached hydrogens (tertiary/aromatic N) is 3. The van der Waals surface area contributed by atoms with E-state index in [0.29, 0.717) is 30.4 Å². The fourth-order valence-electron chi connectivity index (χ4n) is 3.59. The first kappa shape index (κ1) is 17.8. The van der Waals surface area contributed by atoms with Crippen LogP contribution in [0.4, 0.5) is 10.1 Å². The molecule has 1 aromatic heterocycles. The van der Waals surface area contributed by atoms with E-state index >= 15 is 0 Å². The molecule has 0 radical (unpaired) electrons. The summed E-state index contributed by atoms with van der Waals surface area (Å²) >= 11 is 0. The fourth-order valence-corrected chi connectivity index (χ4v) is 3.59. The summed E-state index contributed by atoms with van der Waals surface area (Å²) in [6, 6.07) is 5.89. The van der Waals surface area contributed by atoms with Crippen molar-refractivity contribution >= 4 is 24.0 Å². The van der Waals surface area contributed by atoms with Gasteiger partial charge in [-0.15, -0.1) is 12.4 Å². The molecule has 1 aliphatic heterocycles. The zero-order chi connectivity index (χ0) is 16.7. The number of hydrogen-bond donors (Lipinski definition) is 1. The summed E-state index contributed by atoms with van der Waals surface area (Å²) in [5.41, 5.74) is 6.49. The summed E-state index contributed by atoms with van der Waals surface area (Å²) in [5.74, 6) is -0.0525. The first-order valence-corrected chi connectivity index (χ1v) is 8.27. The van der Waals surface area contributed by atoms with Crippen molar-refractivity contribution in [2.75, 3.05) is 11.4 Å². The molecular weight excluding hydrogens is 347 g/mol. The number of halogens is 2. The van der Waals surface area contributed by atoms with Crippen molar-refractivity contribution in [1.29, 1.82) is 0 Å². The zero-order valence-corrected chi connectivity index (χ0v) is 14.5. The van der Waals surface area contributed by atoms with Gasteiger partial charge >= 0.3 is 0 Å². The molecule has 1 amide bonds. The highest BCUT2D eigenvalue weighted by molar-refractivity contribution is 5.99. The van der Waals surface area contributed by atoms with Crippen LogP contribution in [0.3, 0.4) is 0 Å². The Balaban J connectivity index is 0.00000182. The van der Waals surface area contributed by atoms with Gasteiger partial charge in [-0.2, -0.15) is 4.98 Å². The largest absolute Gasteiger partial charge is 0.338 e. The minimum atomic E-state index is -0.528. The Labute approximate surface area is 151 Å². The summed E-state index contributed by atoms with van der Waals surface area (Å²) in [6.07, 6.45) is 4.39. The molecule has 0 spiro atoms. The molecule has 8 heteroatoms. The average molecular weight is 367 g/mol. The molecule has 2 aromatic rings. The number of rotatable bonds is 3. The van der Waals surface area contributed by atoms with Gasteiger partial charge in [-0.1, -0.05) is 18.0 Å². The van der Waals surface area contributed by atoms with Gasteiger partial charge in [0.15, 0.2) is 5.82 Å². The van der Waals surface area contributed by atoms with Crippen LogP contribution >= 0.6 is 12.4 Å². The number of hydrogen-bond acceptors (Lipinski definition) is 5. The number of nitrogens with two attached hydrogens (primary N) is 1. The first-order chi connectivity index (χ1) is 11.6. The van der Waals surface area contributed by atoms with Gasteiger partial charge in [-0.05, 0) is 43.5 Å². The van der Waals surface area contributed by atoms with Crippen molar-refractivity contribution in [3.05, 3.63) is 41.8 Å². The molecule has 1 saturated heterocycles. The maximum Gasteiger partial charge on any atom is 0.239 e. The second-order valence-electron chi connectivity index (χ2n) is 6.63. The van der Waals surface area contributed by atoms with E-state index in [4.69, 9.17) is 10.3 Å². The maximum atomic E-state index is 13.1. The van der Waals surface area contributed by atoms with Gasteiger partial charge in [0, 0.05) is 12.2 Å². The molecule has 25 heavy (non-hydrogen) atoms. The Morgan fingerprint density at radius 3 is 2.60 bits per heavy atom. The summed E-state index contributed by atoms with van der Waals surface area (Å²) in [7, 11) is 0. The van der Waals surface area contributed by atoms with Gasteiger partial charge in [0.05, 0.1) is 5.54 Å². The third-order valence-electron chi connectivity index (χ3n) is 5.02. The lowest BCUT2D eigenvalue weighted by atomic mass is 9.98. The third kappa shape index (κ3) is 3.14. The van der Waals surface area contributed by atoms with Crippen molar-refractivity contribution in [2.24, 2.45) is 5.73 Å². The number of anilines is 1. The molecule has 2 heterocycles. The van der Waals surface area contributed by atoms with Crippen molar-refractivity contribution < 1.29 is 13.7 Å². The monoisotopic (exact) mass is 366 g/mol. The van der Waals surface area contributed by atoms with Crippen LogP contribution in [0, 0.1) is 5.82 Å². The lowest BCUT2D eigenvalue weighted by molar-refractivity contribution is -0.118. The lowest BCUT2D eigenvalue weighted by Gasteiger charge is -2.18. The van der Waals surface area contributed by atoms with E-state index in [-0.39, 0.29) is 24.1 Å². The van der Waals surface area contributed by atoms with E-state index in [0.717, 1.165) is 25.7 Å². The Hall–Kier alpha value is -1.99. The normalized spacial score (nSPS) is 22.2. The molecule has 1 saturated carbocycles. The number of carbonyl (C=O) groups is 1. The third-order valence-corrected chi connectivity index (χ3v) is 5.02. The second-order valence-corrected chi connectivity index (χ2v) is 6.63. The minimum Gasteiger partial charge on any atom is -0.338 e. The van der Waals surface area contributed by atoms with Crippen LogP contribution in [0.25, 0.3) is 0 Å². The second kappa shape index (κ2) is 6.72. The van der Waals surface area contributed by atoms with Crippen molar-refractivity contribution in [3.63, 3.8) is 0 Å². The zero-order valence-electron chi connectivity index (χ0n) is 13.7. The van der Waals surface area contributed by atoms with Crippen molar-refractivity contribution in [2.45, 2.75) is 43.6 Å². The molecule has 134 valence electrons. The van der Waals surface area contributed by atoms with Crippen LogP contribution < -0.4 is 10.6 Å². The molecule has 1 unspecified atom stereocenters.